The average Bonchev–Trinajstić information content (AvgIpc) is 2.76. The zero-order valence-corrected chi connectivity index (χ0v) is 11.5. The molecule has 1 aliphatic carbocycles. The van der Waals surface area contributed by atoms with Gasteiger partial charge in [-0.2, -0.15) is 0 Å². The van der Waals surface area contributed by atoms with E-state index in [0.29, 0.717) is 0 Å². The fraction of sp³-hybridized carbons (Fsp3) is 0.462. The molecule has 2 atom stereocenters. The molecule has 0 heterocycles. The van der Waals surface area contributed by atoms with E-state index in [2.05, 4.69) is 21.2 Å². The van der Waals surface area contributed by atoms with Gasteiger partial charge in [0, 0.05) is 23.0 Å². The van der Waals surface area contributed by atoms with Gasteiger partial charge in [-0.3, -0.25) is 4.79 Å². The van der Waals surface area contributed by atoms with E-state index in [1.807, 2.05) is 0 Å². The number of aliphatic hydroxyl groups is 1. The average molecular weight is 314 g/mol. The number of phenolic OH excluding ortho intramolecular Hbond substituents is 1. The second-order valence-corrected chi connectivity index (χ2v) is 5.53. The molecule has 0 aliphatic heterocycles. The molecule has 1 saturated carbocycles. The number of aliphatic hydroxyl groups excluding tert-OH is 1. The molecule has 1 aromatic rings. The van der Waals surface area contributed by atoms with Gasteiger partial charge in [-0.25, -0.2) is 0 Å². The molecule has 0 aromatic heterocycles. The SMILES string of the molecule is O=C(NC1CCCC1CO)c1ccc(Br)cc1O. The van der Waals surface area contributed by atoms with Crippen molar-refractivity contribution < 1.29 is 15.0 Å². The van der Waals surface area contributed by atoms with E-state index in [1.54, 1.807) is 12.1 Å². The van der Waals surface area contributed by atoms with Gasteiger partial charge in [0.2, 0.25) is 0 Å². The van der Waals surface area contributed by atoms with E-state index in [4.69, 9.17) is 0 Å². The van der Waals surface area contributed by atoms with Crippen LogP contribution in [0.25, 0.3) is 0 Å². The molecule has 1 fully saturated rings. The summed E-state index contributed by atoms with van der Waals surface area (Å²) < 4.78 is 0.727. The minimum absolute atomic E-state index is 0.00514. The Morgan fingerprint density at radius 2 is 2.22 bits per heavy atom. The monoisotopic (exact) mass is 313 g/mol. The van der Waals surface area contributed by atoms with Crippen LogP contribution < -0.4 is 5.32 Å². The maximum absolute atomic E-state index is 12.0. The minimum atomic E-state index is -0.287. The van der Waals surface area contributed by atoms with Gasteiger partial charge in [0.05, 0.1) is 5.56 Å². The Balaban J connectivity index is 2.07. The number of nitrogens with one attached hydrogen (secondary N) is 1. The molecule has 0 bridgehead atoms. The lowest BCUT2D eigenvalue weighted by Crippen LogP contribution is -2.38. The highest BCUT2D eigenvalue weighted by Gasteiger charge is 2.28. The highest BCUT2D eigenvalue weighted by molar-refractivity contribution is 9.10. The predicted molar refractivity (Wildman–Crippen MR) is 71.5 cm³/mol. The number of amides is 1. The summed E-state index contributed by atoms with van der Waals surface area (Å²) in [7, 11) is 0. The Morgan fingerprint density at radius 3 is 2.89 bits per heavy atom. The molecule has 1 aromatic carbocycles. The Labute approximate surface area is 114 Å². The summed E-state index contributed by atoms with van der Waals surface area (Å²) in [6, 6.07) is 4.79. The van der Waals surface area contributed by atoms with Crippen LogP contribution in [-0.4, -0.2) is 28.8 Å². The van der Waals surface area contributed by atoms with Crippen molar-refractivity contribution in [3.63, 3.8) is 0 Å². The summed E-state index contributed by atoms with van der Waals surface area (Å²) in [6.07, 6.45) is 2.84. The zero-order chi connectivity index (χ0) is 13.1. The van der Waals surface area contributed by atoms with E-state index in [9.17, 15) is 15.0 Å². The summed E-state index contributed by atoms with van der Waals surface area (Å²) >= 11 is 3.23. The van der Waals surface area contributed by atoms with Crippen LogP contribution >= 0.6 is 15.9 Å². The second kappa shape index (κ2) is 5.71. The largest absolute Gasteiger partial charge is 0.507 e. The molecule has 5 heteroatoms. The highest BCUT2D eigenvalue weighted by Crippen LogP contribution is 2.27. The van der Waals surface area contributed by atoms with E-state index in [-0.39, 0.29) is 35.8 Å². The number of rotatable bonds is 3. The van der Waals surface area contributed by atoms with Crippen molar-refractivity contribution in [2.45, 2.75) is 25.3 Å². The van der Waals surface area contributed by atoms with Gasteiger partial charge in [-0.1, -0.05) is 22.4 Å². The van der Waals surface area contributed by atoms with Crippen LogP contribution in [0.15, 0.2) is 22.7 Å². The first-order valence-electron chi connectivity index (χ1n) is 6.02. The maximum atomic E-state index is 12.0. The highest BCUT2D eigenvalue weighted by atomic mass is 79.9. The van der Waals surface area contributed by atoms with Gasteiger partial charge in [-0.15, -0.1) is 0 Å². The van der Waals surface area contributed by atoms with Crippen LogP contribution in [0.4, 0.5) is 0 Å². The second-order valence-electron chi connectivity index (χ2n) is 4.61. The van der Waals surface area contributed by atoms with Crippen LogP contribution in [0.1, 0.15) is 29.6 Å². The quantitative estimate of drug-likeness (QED) is 0.800. The van der Waals surface area contributed by atoms with Gasteiger partial charge in [0.25, 0.3) is 5.91 Å². The van der Waals surface area contributed by atoms with Crippen molar-refractivity contribution >= 4 is 21.8 Å². The van der Waals surface area contributed by atoms with Gasteiger partial charge in [-0.05, 0) is 31.0 Å². The van der Waals surface area contributed by atoms with Crippen molar-refractivity contribution in [3.05, 3.63) is 28.2 Å². The van der Waals surface area contributed by atoms with Crippen LogP contribution in [0.5, 0.6) is 5.75 Å². The minimum Gasteiger partial charge on any atom is -0.507 e. The molecule has 1 amide bonds. The molecule has 3 N–H and O–H groups in total. The first kappa shape index (κ1) is 13.4. The van der Waals surface area contributed by atoms with Crippen molar-refractivity contribution in [3.8, 4) is 5.75 Å². The lowest BCUT2D eigenvalue weighted by atomic mass is 10.0. The van der Waals surface area contributed by atoms with E-state index in [0.717, 1.165) is 23.7 Å². The Kier molecular flexibility index (Phi) is 4.24. The Bertz CT molecular complexity index is 450. The molecule has 98 valence electrons. The first-order chi connectivity index (χ1) is 8.61. The molecule has 0 saturated heterocycles. The third-order valence-electron chi connectivity index (χ3n) is 3.41. The van der Waals surface area contributed by atoms with E-state index >= 15 is 0 Å². The number of hydrogen-bond donors (Lipinski definition) is 3. The van der Waals surface area contributed by atoms with Crippen molar-refractivity contribution in [2.24, 2.45) is 5.92 Å². The molecular weight excluding hydrogens is 298 g/mol. The molecular formula is C13H16BrNO3. The van der Waals surface area contributed by atoms with Crippen LogP contribution in [0, 0.1) is 5.92 Å². The summed E-state index contributed by atoms with van der Waals surface area (Å²) in [5, 5.41) is 21.8. The number of benzene rings is 1. The number of aromatic hydroxyl groups is 1. The fourth-order valence-electron chi connectivity index (χ4n) is 2.39. The number of carbonyl (C=O) groups is 1. The molecule has 2 rings (SSSR count). The van der Waals surface area contributed by atoms with E-state index < -0.39 is 0 Å². The lowest BCUT2D eigenvalue weighted by molar-refractivity contribution is 0.0913. The van der Waals surface area contributed by atoms with Crippen LogP contribution in [-0.2, 0) is 0 Å². The molecule has 0 spiro atoms. The third-order valence-corrected chi connectivity index (χ3v) is 3.91. The topological polar surface area (TPSA) is 69.6 Å². The van der Waals surface area contributed by atoms with Gasteiger partial charge in [0.1, 0.15) is 5.75 Å². The third kappa shape index (κ3) is 2.84. The fourth-order valence-corrected chi connectivity index (χ4v) is 2.74. The van der Waals surface area contributed by atoms with Gasteiger partial charge in [0.15, 0.2) is 0 Å². The Hall–Kier alpha value is -1.07. The van der Waals surface area contributed by atoms with Crippen LogP contribution in [0.2, 0.25) is 0 Å². The number of halogens is 1. The molecule has 2 unspecified atom stereocenters. The standard InChI is InChI=1S/C13H16BrNO3/c14-9-4-5-10(12(17)6-9)13(18)15-11-3-1-2-8(11)7-16/h4-6,8,11,16-17H,1-3,7H2,(H,15,18). The number of hydrogen-bond acceptors (Lipinski definition) is 3. The smallest absolute Gasteiger partial charge is 0.255 e. The molecule has 4 nitrogen and oxygen atoms in total. The van der Waals surface area contributed by atoms with Crippen molar-refractivity contribution in [2.75, 3.05) is 6.61 Å². The van der Waals surface area contributed by atoms with Gasteiger partial charge >= 0.3 is 0 Å². The van der Waals surface area contributed by atoms with Crippen LogP contribution in [0.3, 0.4) is 0 Å². The van der Waals surface area contributed by atoms with Crippen molar-refractivity contribution in [1.29, 1.82) is 0 Å². The summed E-state index contributed by atoms with van der Waals surface area (Å²) in [5.41, 5.74) is 0.266. The van der Waals surface area contributed by atoms with Crippen molar-refractivity contribution in [1.82, 2.24) is 5.32 Å². The summed E-state index contributed by atoms with van der Waals surface area (Å²) in [6.45, 7) is 0.0945. The lowest BCUT2D eigenvalue weighted by Gasteiger charge is -2.19. The van der Waals surface area contributed by atoms with E-state index in [1.165, 1.54) is 6.07 Å². The summed E-state index contributed by atoms with van der Waals surface area (Å²) in [4.78, 5) is 12.0. The normalized spacial score (nSPS) is 23.0. The Morgan fingerprint density at radius 1 is 1.44 bits per heavy atom. The number of carbonyl (C=O) groups excluding carboxylic acids is 1. The molecule has 0 radical (unpaired) electrons. The van der Waals surface area contributed by atoms with Gasteiger partial charge < -0.3 is 15.5 Å². The first-order valence-corrected chi connectivity index (χ1v) is 6.81. The molecule has 18 heavy (non-hydrogen) atoms. The maximum Gasteiger partial charge on any atom is 0.255 e. The summed E-state index contributed by atoms with van der Waals surface area (Å²) in [5.74, 6) is -0.197. The predicted octanol–water partition coefficient (Wildman–Crippen LogP) is 2.05. The molecule has 1 aliphatic rings. The number of phenols is 1. The zero-order valence-electron chi connectivity index (χ0n) is 9.90.